The molecule has 3 N–H and O–H groups in total. The lowest BCUT2D eigenvalue weighted by atomic mass is 9.94. The number of hydrogen-bond acceptors (Lipinski definition) is 8. The van der Waals surface area contributed by atoms with Gasteiger partial charge in [0.1, 0.15) is 5.75 Å². The van der Waals surface area contributed by atoms with E-state index in [9.17, 15) is 23.5 Å². The smallest absolute Gasteiger partial charge is 0.387 e. The molecule has 11 nitrogen and oxygen atoms in total. The first-order chi connectivity index (χ1) is 21.1. The minimum Gasteiger partial charge on any atom is -0.435 e. The van der Waals surface area contributed by atoms with Crippen LogP contribution >= 0.6 is 0 Å². The van der Waals surface area contributed by atoms with Crippen molar-refractivity contribution in [3.05, 3.63) is 72.2 Å². The Bertz CT molecular complexity index is 1620. The lowest BCUT2D eigenvalue weighted by molar-refractivity contribution is -0.137. The number of piperidine rings is 1. The number of carbonyl (C=O) groups excluding carboxylic acids is 2. The van der Waals surface area contributed by atoms with E-state index in [1.54, 1.807) is 54.8 Å². The fourth-order valence-corrected chi connectivity index (χ4v) is 5.42. The zero-order valence-corrected chi connectivity index (χ0v) is 24.4. The van der Waals surface area contributed by atoms with Crippen LogP contribution in [-0.2, 0) is 4.79 Å². The molecule has 2 aromatic heterocycles. The highest BCUT2D eigenvalue weighted by molar-refractivity contribution is 5.96. The number of alkyl halides is 2. The van der Waals surface area contributed by atoms with E-state index in [0.29, 0.717) is 43.0 Å². The molecule has 0 saturated carbocycles. The summed E-state index contributed by atoms with van der Waals surface area (Å²) >= 11 is 0. The summed E-state index contributed by atoms with van der Waals surface area (Å²) in [6, 6.07) is 11.7. The second-order valence-electron chi connectivity index (χ2n) is 10.8. The number of ether oxygens (including phenoxy) is 1. The number of nitrogens with zero attached hydrogens (tertiary/aromatic N) is 5. The monoisotopic (exact) mass is 608 g/mol. The number of imidazole rings is 1. The predicted octanol–water partition coefficient (Wildman–Crippen LogP) is 3.71. The SMILES string of the molecule is Cc1cc(Nc2nccn3c(-c4ccc(OC(F)F)cc4)cnc23)ccc1C(=O)N1CCC(C(=O)N(C)CC(O)CO)CC1. The number of rotatable bonds is 10. The van der Waals surface area contributed by atoms with Crippen molar-refractivity contribution < 1.29 is 33.3 Å². The quantitative estimate of drug-likeness (QED) is 0.248. The van der Waals surface area contributed by atoms with Crippen LogP contribution in [-0.4, -0.2) is 92.2 Å². The van der Waals surface area contributed by atoms with Gasteiger partial charge in [0, 0.05) is 61.8 Å². The Hall–Kier alpha value is -4.62. The molecule has 13 heteroatoms. The third-order valence-electron chi connectivity index (χ3n) is 7.73. The van der Waals surface area contributed by atoms with E-state index in [2.05, 4.69) is 20.0 Å². The highest BCUT2D eigenvalue weighted by Crippen LogP contribution is 2.28. The molecule has 3 heterocycles. The number of benzene rings is 2. The van der Waals surface area contributed by atoms with Gasteiger partial charge in [-0.3, -0.25) is 14.0 Å². The summed E-state index contributed by atoms with van der Waals surface area (Å²) in [5.41, 5.74) is 4.12. The van der Waals surface area contributed by atoms with Crippen LogP contribution in [0.15, 0.2) is 61.1 Å². The van der Waals surface area contributed by atoms with E-state index in [-0.39, 0.29) is 30.0 Å². The minimum atomic E-state index is -2.89. The number of anilines is 2. The Kier molecular flexibility index (Phi) is 9.35. The largest absolute Gasteiger partial charge is 0.435 e. The third-order valence-corrected chi connectivity index (χ3v) is 7.73. The number of likely N-dealkylation sites (N-methyl/N-ethyl adjacent to an activating group) is 1. The van der Waals surface area contributed by atoms with E-state index in [0.717, 1.165) is 22.5 Å². The van der Waals surface area contributed by atoms with Crippen LogP contribution in [0, 0.1) is 12.8 Å². The van der Waals surface area contributed by atoms with Gasteiger partial charge in [-0.1, -0.05) is 0 Å². The first-order valence-electron chi connectivity index (χ1n) is 14.2. The average molecular weight is 609 g/mol. The summed E-state index contributed by atoms with van der Waals surface area (Å²) in [5, 5.41) is 21.9. The van der Waals surface area contributed by atoms with Gasteiger partial charge < -0.3 is 30.1 Å². The fourth-order valence-electron chi connectivity index (χ4n) is 5.42. The Morgan fingerprint density at radius 1 is 1.14 bits per heavy atom. The van der Waals surface area contributed by atoms with E-state index >= 15 is 0 Å². The van der Waals surface area contributed by atoms with Gasteiger partial charge in [-0.25, -0.2) is 9.97 Å². The number of aryl methyl sites for hydroxylation is 1. The molecule has 1 atom stereocenters. The van der Waals surface area contributed by atoms with Gasteiger partial charge in [-0.2, -0.15) is 8.78 Å². The summed E-state index contributed by atoms with van der Waals surface area (Å²) in [7, 11) is 1.61. The number of fused-ring (bicyclic) bond motifs is 1. The predicted molar refractivity (Wildman–Crippen MR) is 159 cm³/mol. The van der Waals surface area contributed by atoms with Crippen molar-refractivity contribution in [1.29, 1.82) is 0 Å². The number of halogens is 2. The molecule has 1 aliphatic heterocycles. The van der Waals surface area contributed by atoms with E-state index < -0.39 is 19.3 Å². The number of aliphatic hydroxyl groups excluding tert-OH is 2. The van der Waals surface area contributed by atoms with Crippen molar-refractivity contribution in [2.75, 3.05) is 38.6 Å². The van der Waals surface area contributed by atoms with Gasteiger partial charge >= 0.3 is 6.61 Å². The Morgan fingerprint density at radius 2 is 1.86 bits per heavy atom. The second kappa shape index (κ2) is 13.3. The van der Waals surface area contributed by atoms with Gasteiger partial charge in [0.2, 0.25) is 5.91 Å². The third kappa shape index (κ3) is 6.79. The summed E-state index contributed by atoms with van der Waals surface area (Å²) in [6.07, 6.45) is 5.13. The molecule has 1 aliphatic rings. The number of amides is 2. The molecule has 5 rings (SSSR count). The molecule has 44 heavy (non-hydrogen) atoms. The van der Waals surface area contributed by atoms with Crippen molar-refractivity contribution in [3.8, 4) is 17.0 Å². The van der Waals surface area contributed by atoms with Crippen LogP contribution in [0.2, 0.25) is 0 Å². The van der Waals surface area contributed by atoms with E-state index in [1.165, 1.54) is 17.0 Å². The first kappa shape index (κ1) is 30.8. The van der Waals surface area contributed by atoms with Gasteiger partial charge in [-0.05, 0) is 67.8 Å². The van der Waals surface area contributed by atoms with Crippen LogP contribution in [0.4, 0.5) is 20.3 Å². The van der Waals surface area contributed by atoms with Gasteiger partial charge in [0.05, 0.1) is 24.6 Å². The number of aromatic nitrogens is 3. The lowest BCUT2D eigenvalue weighted by Gasteiger charge is -2.34. The molecular formula is C31H34F2N6O5. The molecule has 0 bridgehead atoms. The van der Waals surface area contributed by atoms with Crippen LogP contribution in [0.5, 0.6) is 5.75 Å². The van der Waals surface area contributed by atoms with Crippen LogP contribution in [0.3, 0.4) is 0 Å². The number of aliphatic hydroxyl groups is 2. The summed E-state index contributed by atoms with van der Waals surface area (Å²) in [6.45, 7) is -0.485. The summed E-state index contributed by atoms with van der Waals surface area (Å²) in [5.74, 6) is 0.130. The average Bonchev–Trinajstić information content (AvgIpc) is 3.46. The highest BCUT2D eigenvalue weighted by atomic mass is 19.3. The molecular weight excluding hydrogens is 574 g/mol. The molecule has 4 aromatic rings. The molecule has 0 spiro atoms. The zero-order valence-electron chi connectivity index (χ0n) is 24.4. The topological polar surface area (TPSA) is 133 Å². The zero-order chi connectivity index (χ0) is 31.4. The first-order valence-corrected chi connectivity index (χ1v) is 14.2. The molecule has 0 radical (unpaired) electrons. The van der Waals surface area contributed by atoms with Crippen molar-refractivity contribution in [2.24, 2.45) is 5.92 Å². The Balaban J connectivity index is 1.24. The van der Waals surface area contributed by atoms with Gasteiger partial charge in [0.15, 0.2) is 11.5 Å². The number of carbonyl (C=O) groups is 2. The number of nitrogens with one attached hydrogen (secondary N) is 1. The van der Waals surface area contributed by atoms with Crippen molar-refractivity contribution in [2.45, 2.75) is 32.5 Å². The maximum atomic E-state index is 13.3. The van der Waals surface area contributed by atoms with Crippen molar-refractivity contribution >= 4 is 29.0 Å². The maximum Gasteiger partial charge on any atom is 0.387 e. The molecule has 0 aliphatic carbocycles. The van der Waals surface area contributed by atoms with Crippen molar-refractivity contribution in [1.82, 2.24) is 24.2 Å². The van der Waals surface area contributed by atoms with E-state index in [4.69, 9.17) is 5.11 Å². The van der Waals surface area contributed by atoms with Crippen LogP contribution in [0.1, 0.15) is 28.8 Å². The van der Waals surface area contributed by atoms with Crippen molar-refractivity contribution in [3.63, 3.8) is 0 Å². The summed E-state index contributed by atoms with van der Waals surface area (Å²) < 4.78 is 31.3. The second-order valence-corrected chi connectivity index (χ2v) is 10.8. The molecule has 2 aromatic carbocycles. The minimum absolute atomic E-state index is 0.0645. The standard InChI is InChI=1S/C31H34F2N6O5/c1-19-15-22(5-8-25(19)30(43)38-12-9-21(10-13-38)29(42)37(2)17-23(41)18-40)36-27-28-35-16-26(39(28)14-11-34-27)20-3-6-24(7-4-20)44-31(32)33/h3-8,11,14-16,21,23,31,40-41H,9-10,12-13,17-18H2,1-2H3,(H,34,36). The lowest BCUT2D eigenvalue weighted by Crippen LogP contribution is -2.45. The normalized spacial score (nSPS) is 14.6. The molecule has 2 amide bonds. The molecule has 232 valence electrons. The number of hydrogen-bond donors (Lipinski definition) is 3. The Morgan fingerprint density at radius 3 is 2.52 bits per heavy atom. The molecule has 1 fully saturated rings. The van der Waals surface area contributed by atoms with Gasteiger partial charge in [-0.15, -0.1) is 0 Å². The number of likely N-dealkylation sites (tertiary alicyclic amines) is 1. The maximum absolute atomic E-state index is 13.3. The van der Waals surface area contributed by atoms with Crippen LogP contribution in [0.25, 0.3) is 16.9 Å². The van der Waals surface area contributed by atoms with E-state index in [1.807, 2.05) is 17.4 Å². The highest BCUT2D eigenvalue weighted by Gasteiger charge is 2.30. The van der Waals surface area contributed by atoms with Gasteiger partial charge in [0.25, 0.3) is 5.91 Å². The molecule has 1 unspecified atom stereocenters. The Labute approximate surface area is 252 Å². The fraction of sp³-hybridized carbons (Fsp3) is 0.355. The summed E-state index contributed by atoms with van der Waals surface area (Å²) in [4.78, 5) is 38.2. The molecule has 1 saturated heterocycles. The van der Waals surface area contributed by atoms with Crippen LogP contribution < -0.4 is 10.1 Å².